The van der Waals surface area contributed by atoms with Crippen LogP contribution >= 0.6 is 0 Å². The van der Waals surface area contributed by atoms with E-state index < -0.39 is 5.54 Å². The summed E-state index contributed by atoms with van der Waals surface area (Å²) in [5.41, 5.74) is 10.6. The van der Waals surface area contributed by atoms with Crippen LogP contribution in [-0.4, -0.2) is 42.4 Å². The average molecular weight is 434 g/mol. The summed E-state index contributed by atoms with van der Waals surface area (Å²) in [6, 6.07) is 10.8. The number of aliphatic imine (C=N–C) groups is 1. The number of ether oxygens (including phenoxy) is 2. The van der Waals surface area contributed by atoms with Gasteiger partial charge in [0.25, 0.3) is 12.5 Å². The van der Waals surface area contributed by atoms with Crippen LogP contribution in [-0.2, 0) is 26.2 Å². The third-order valence-electron chi connectivity index (χ3n) is 7.12. The largest absolute Gasteiger partial charge is 0.483 e. The fraction of sp³-hybridized carbons (Fsp3) is 0.417. The molecule has 0 radical (unpaired) electrons. The lowest BCUT2D eigenvalue weighted by Crippen LogP contribution is -2.46. The van der Waals surface area contributed by atoms with Crippen LogP contribution in [0, 0.1) is 16.7 Å². The highest BCUT2D eigenvalue weighted by Crippen LogP contribution is 2.61. The number of amidine groups is 1. The molecule has 2 aromatic rings. The summed E-state index contributed by atoms with van der Waals surface area (Å²) >= 11 is 0. The van der Waals surface area contributed by atoms with Gasteiger partial charge < -0.3 is 20.3 Å². The molecule has 5 rings (SSSR count). The van der Waals surface area contributed by atoms with Gasteiger partial charge in [0.15, 0.2) is 0 Å². The van der Waals surface area contributed by atoms with E-state index in [-0.39, 0.29) is 17.9 Å². The van der Waals surface area contributed by atoms with Gasteiger partial charge in [0.05, 0.1) is 11.7 Å². The zero-order chi connectivity index (χ0) is 22.8. The van der Waals surface area contributed by atoms with Crippen LogP contribution in [0.3, 0.4) is 0 Å². The van der Waals surface area contributed by atoms with E-state index in [1.165, 1.54) is 11.1 Å². The highest BCUT2D eigenvalue weighted by Gasteiger charge is 2.61. The number of carboxylic acid groups (broad SMARTS) is 1. The molecule has 1 aromatic carbocycles. The maximum Gasteiger partial charge on any atom is 0.290 e. The molecule has 0 amide bonds. The van der Waals surface area contributed by atoms with E-state index >= 15 is 0 Å². The van der Waals surface area contributed by atoms with Gasteiger partial charge in [-0.3, -0.25) is 9.78 Å². The van der Waals surface area contributed by atoms with E-state index in [1.807, 2.05) is 6.07 Å². The number of hydrogen-bond acceptors (Lipinski definition) is 7. The molecule has 0 saturated heterocycles. The minimum atomic E-state index is -0.443. The molecule has 0 bridgehead atoms. The van der Waals surface area contributed by atoms with Crippen molar-refractivity contribution in [2.75, 3.05) is 13.7 Å². The molecule has 2 aliphatic carbocycles. The number of methoxy groups -OCH3 is 1. The van der Waals surface area contributed by atoms with Crippen LogP contribution < -0.4 is 5.73 Å². The molecule has 1 aliphatic heterocycles. The number of fused-ring (bicyclic) bond motifs is 3. The van der Waals surface area contributed by atoms with Crippen molar-refractivity contribution in [3.63, 3.8) is 0 Å². The Morgan fingerprint density at radius 1 is 1.28 bits per heavy atom. The fourth-order valence-corrected chi connectivity index (χ4v) is 5.56. The minimum absolute atomic E-state index is 0.0108. The summed E-state index contributed by atoms with van der Waals surface area (Å²) in [7, 11) is 1.80. The van der Waals surface area contributed by atoms with Gasteiger partial charge in [-0.05, 0) is 60.9 Å². The topological polar surface area (TPSA) is 131 Å². The predicted molar refractivity (Wildman–Crippen MR) is 118 cm³/mol. The van der Waals surface area contributed by atoms with Crippen LogP contribution in [0.5, 0.6) is 0 Å². The van der Waals surface area contributed by atoms with E-state index in [0.29, 0.717) is 18.3 Å². The highest BCUT2D eigenvalue weighted by molar-refractivity contribution is 5.76. The molecule has 1 fully saturated rings. The molecule has 1 aromatic heterocycles. The van der Waals surface area contributed by atoms with Gasteiger partial charge in [-0.15, -0.1) is 0 Å². The molecule has 32 heavy (non-hydrogen) atoms. The number of pyridine rings is 1. The van der Waals surface area contributed by atoms with Crippen molar-refractivity contribution in [2.24, 2.45) is 16.1 Å². The zero-order valence-electron chi connectivity index (χ0n) is 18.0. The molecular weight excluding hydrogens is 408 g/mol. The van der Waals surface area contributed by atoms with Gasteiger partial charge in [0.2, 0.25) is 0 Å². The molecule has 2 spiro atoms. The normalized spacial score (nSPS) is 27.6. The van der Waals surface area contributed by atoms with Crippen molar-refractivity contribution >= 4 is 12.5 Å². The number of nitrogens with two attached hydrogens (primary N) is 1. The third-order valence-corrected chi connectivity index (χ3v) is 7.12. The number of nitriles is 1. The lowest BCUT2D eigenvalue weighted by Gasteiger charge is -2.45. The van der Waals surface area contributed by atoms with Crippen LogP contribution in [0.2, 0.25) is 0 Å². The van der Waals surface area contributed by atoms with E-state index in [4.69, 9.17) is 30.1 Å². The van der Waals surface area contributed by atoms with Gasteiger partial charge >= 0.3 is 0 Å². The fourth-order valence-electron chi connectivity index (χ4n) is 5.56. The van der Waals surface area contributed by atoms with Crippen molar-refractivity contribution in [1.82, 2.24) is 4.98 Å². The quantitative estimate of drug-likeness (QED) is 0.695. The maximum atomic E-state index is 9.22. The van der Waals surface area contributed by atoms with Gasteiger partial charge in [-0.25, -0.2) is 4.99 Å². The smallest absolute Gasteiger partial charge is 0.290 e. The summed E-state index contributed by atoms with van der Waals surface area (Å²) < 4.78 is 11.4. The van der Waals surface area contributed by atoms with E-state index in [9.17, 15) is 5.26 Å². The summed E-state index contributed by atoms with van der Waals surface area (Å²) in [6.07, 6.45) is 8.83. The first-order valence-corrected chi connectivity index (χ1v) is 10.6. The molecule has 1 atom stereocenters. The molecule has 2 heterocycles. The van der Waals surface area contributed by atoms with Crippen LogP contribution in [0.25, 0.3) is 11.1 Å². The van der Waals surface area contributed by atoms with E-state index in [2.05, 4.69) is 29.3 Å². The molecule has 3 N–H and O–H groups in total. The number of hydrogen-bond donors (Lipinski definition) is 2. The molecule has 8 nitrogen and oxygen atoms in total. The molecule has 8 heteroatoms. The van der Waals surface area contributed by atoms with Crippen molar-refractivity contribution in [1.29, 1.82) is 5.26 Å². The summed E-state index contributed by atoms with van der Waals surface area (Å²) in [4.78, 5) is 17.5. The van der Waals surface area contributed by atoms with Gasteiger partial charge in [-0.2, -0.15) is 5.26 Å². The third kappa shape index (κ3) is 3.49. The summed E-state index contributed by atoms with van der Waals surface area (Å²) in [5, 5.41) is 16.1. The Morgan fingerprint density at radius 2 is 2.03 bits per heavy atom. The van der Waals surface area contributed by atoms with Gasteiger partial charge in [0.1, 0.15) is 18.2 Å². The second-order valence-corrected chi connectivity index (χ2v) is 8.54. The SMILES string of the molecule is COC1CCC2(CC1)Cc1ccc(-c3cncc(C#N)c3)cc1[C@@]21COC(N)=N1.O=CO. The number of rotatable bonds is 2. The van der Waals surface area contributed by atoms with Crippen molar-refractivity contribution < 1.29 is 19.4 Å². The van der Waals surface area contributed by atoms with Crippen molar-refractivity contribution in [2.45, 2.75) is 43.7 Å². The first-order chi connectivity index (χ1) is 15.5. The Kier molecular flexibility index (Phi) is 5.85. The number of aromatic nitrogens is 1. The molecule has 1 saturated carbocycles. The second-order valence-electron chi connectivity index (χ2n) is 8.54. The first-order valence-electron chi connectivity index (χ1n) is 10.6. The second kappa shape index (κ2) is 8.60. The standard InChI is InChI=1S/C23H24N4O2.CH2O2/c1-28-19-4-6-22(7-5-19)10-17-3-2-16(18-8-15(11-24)12-26-13-18)9-20(17)23(22)14-29-21(25)27-23;2-1-3/h2-3,8-9,12-13,19H,4-7,10,14H2,1H3,(H2,25,27);1H,(H,2,3)/t19?,22?,23-;/m0./s1. The lowest BCUT2D eigenvalue weighted by atomic mass is 9.62. The summed E-state index contributed by atoms with van der Waals surface area (Å²) in [6.45, 7) is 0.240. The molecule has 3 aliphatic rings. The molecule has 166 valence electrons. The average Bonchev–Trinajstić information content (AvgIpc) is 3.33. The number of nitrogens with zero attached hydrogens (tertiary/aromatic N) is 3. The maximum absolute atomic E-state index is 9.22. The number of carbonyl (C=O) groups is 1. The van der Waals surface area contributed by atoms with Gasteiger partial charge in [0, 0.05) is 30.5 Å². The molecule has 0 unspecified atom stereocenters. The van der Waals surface area contributed by atoms with Gasteiger partial charge in [-0.1, -0.05) is 12.1 Å². The first kappa shape index (κ1) is 21.8. The Hall–Kier alpha value is -3.44. The van der Waals surface area contributed by atoms with Crippen LogP contribution in [0.4, 0.5) is 0 Å². The molecular formula is C24H26N4O4. The van der Waals surface area contributed by atoms with E-state index in [1.54, 1.807) is 19.5 Å². The Morgan fingerprint density at radius 3 is 2.66 bits per heavy atom. The van der Waals surface area contributed by atoms with Crippen molar-refractivity contribution in [3.8, 4) is 17.2 Å². The van der Waals surface area contributed by atoms with Crippen LogP contribution in [0.15, 0.2) is 41.7 Å². The highest BCUT2D eigenvalue weighted by atomic mass is 16.5. The lowest BCUT2D eigenvalue weighted by molar-refractivity contribution is -0.122. The zero-order valence-corrected chi connectivity index (χ0v) is 18.0. The Bertz CT molecular complexity index is 1090. The van der Waals surface area contributed by atoms with Crippen LogP contribution in [0.1, 0.15) is 42.4 Å². The minimum Gasteiger partial charge on any atom is -0.483 e. The Balaban J connectivity index is 0.000000775. The summed E-state index contributed by atoms with van der Waals surface area (Å²) in [5.74, 6) is 0. The monoisotopic (exact) mass is 434 g/mol. The van der Waals surface area contributed by atoms with Crippen molar-refractivity contribution in [3.05, 3.63) is 53.3 Å². The number of benzene rings is 1. The predicted octanol–water partition coefficient (Wildman–Crippen LogP) is 2.99. The van der Waals surface area contributed by atoms with E-state index in [0.717, 1.165) is 43.2 Å². The Labute approximate surface area is 186 Å².